The molecule has 0 saturated heterocycles. The molecule has 2 aromatic rings. The van der Waals surface area contributed by atoms with Gasteiger partial charge in [-0.2, -0.15) is 0 Å². The number of anilines is 1. The quantitative estimate of drug-likeness (QED) is 0.923. The molecule has 0 fully saturated rings. The number of carbonyl (C=O) groups excluding carboxylic acids is 1. The van der Waals surface area contributed by atoms with Gasteiger partial charge in [0.2, 0.25) is 5.91 Å². The van der Waals surface area contributed by atoms with E-state index in [1.165, 1.54) is 0 Å². The van der Waals surface area contributed by atoms with Crippen molar-refractivity contribution in [3.8, 4) is 0 Å². The zero-order valence-corrected chi connectivity index (χ0v) is 13.4. The van der Waals surface area contributed by atoms with Crippen molar-refractivity contribution in [2.24, 2.45) is 0 Å². The van der Waals surface area contributed by atoms with Gasteiger partial charge in [0.15, 0.2) is 0 Å². The Kier molecular flexibility index (Phi) is 3.33. The van der Waals surface area contributed by atoms with Crippen LogP contribution in [-0.4, -0.2) is 18.1 Å². The van der Waals surface area contributed by atoms with Crippen molar-refractivity contribution in [3.05, 3.63) is 64.7 Å². The average molecular weight is 295 g/mol. The Morgan fingerprint density at radius 2 is 1.77 bits per heavy atom. The first-order valence-electron chi connectivity index (χ1n) is 7.49. The van der Waals surface area contributed by atoms with E-state index >= 15 is 0 Å². The van der Waals surface area contributed by atoms with Crippen LogP contribution in [0.15, 0.2) is 42.5 Å². The van der Waals surface area contributed by atoms with Crippen LogP contribution in [0.5, 0.6) is 0 Å². The molecule has 22 heavy (non-hydrogen) atoms. The lowest BCUT2D eigenvalue weighted by molar-refractivity contribution is -0.121. The fourth-order valence-electron chi connectivity index (χ4n) is 3.19. The molecule has 1 aliphatic rings. The summed E-state index contributed by atoms with van der Waals surface area (Å²) in [7, 11) is 1.80. The number of likely N-dealkylation sites (N-methyl/N-ethyl adjacent to an activating group) is 1. The van der Waals surface area contributed by atoms with Gasteiger partial charge in [0.05, 0.1) is 5.41 Å². The third kappa shape index (κ3) is 2.13. The smallest absolute Gasteiger partial charge is 0.236 e. The zero-order chi connectivity index (χ0) is 16.1. The van der Waals surface area contributed by atoms with Crippen LogP contribution in [0.3, 0.4) is 0 Å². The Morgan fingerprint density at radius 1 is 1.09 bits per heavy atom. The Bertz CT molecular complexity index is 749. The number of aliphatic hydroxyl groups is 1. The molecule has 3 nitrogen and oxygen atoms in total. The Hall–Kier alpha value is -2.13. The molecule has 1 N–H and O–H groups in total. The molecule has 0 aliphatic carbocycles. The normalized spacial score (nSPS) is 17.5. The van der Waals surface area contributed by atoms with Crippen LogP contribution < -0.4 is 4.90 Å². The highest BCUT2D eigenvalue weighted by Gasteiger charge is 2.42. The van der Waals surface area contributed by atoms with Crippen molar-refractivity contribution in [3.63, 3.8) is 0 Å². The van der Waals surface area contributed by atoms with Gasteiger partial charge >= 0.3 is 0 Å². The van der Waals surface area contributed by atoms with E-state index in [0.717, 1.165) is 27.9 Å². The van der Waals surface area contributed by atoms with Crippen LogP contribution in [0.25, 0.3) is 0 Å². The summed E-state index contributed by atoms with van der Waals surface area (Å²) >= 11 is 0. The van der Waals surface area contributed by atoms with Gasteiger partial charge < -0.3 is 10.0 Å². The van der Waals surface area contributed by atoms with Crippen LogP contribution >= 0.6 is 0 Å². The van der Waals surface area contributed by atoms with Crippen LogP contribution in [0, 0.1) is 6.92 Å². The summed E-state index contributed by atoms with van der Waals surface area (Å²) in [6, 6.07) is 13.7. The number of hydrogen-bond acceptors (Lipinski definition) is 2. The number of aliphatic hydroxyl groups excluding tert-OH is 1. The molecule has 0 aromatic heterocycles. The van der Waals surface area contributed by atoms with Crippen LogP contribution in [0.2, 0.25) is 0 Å². The number of hydrogen-bond donors (Lipinski definition) is 1. The second-order valence-electron chi connectivity index (χ2n) is 6.58. The lowest BCUT2D eigenvalue weighted by Gasteiger charge is -2.18. The summed E-state index contributed by atoms with van der Waals surface area (Å²) in [4.78, 5) is 14.0. The van der Waals surface area contributed by atoms with Crippen molar-refractivity contribution in [2.75, 3.05) is 11.9 Å². The number of aryl methyl sites for hydroxylation is 1. The number of benzene rings is 2. The highest BCUT2D eigenvalue weighted by Crippen LogP contribution is 2.42. The van der Waals surface area contributed by atoms with E-state index in [2.05, 4.69) is 0 Å². The molecular weight excluding hydrogens is 274 g/mol. The fourth-order valence-corrected chi connectivity index (χ4v) is 3.19. The first kappa shape index (κ1) is 14.8. The third-order valence-corrected chi connectivity index (χ3v) is 4.57. The predicted molar refractivity (Wildman–Crippen MR) is 88.1 cm³/mol. The molecule has 2 aromatic carbocycles. The average Bonchev–Trinajstić information content (AvgIpc) is 2.67. The maximum absolute atomic E-state index is 12.3. The number of rotatable bonds is 2. The van der Waals surface area contributed by atoms with Crippen molar-refractivity contribution in [1.29, 1.82) is 0 Å². The van der Waals surface area contributed by atoms with E-state index in [0.29, 0.717) is 0 Å². The van der Waals surface area contributed by atoms with E-state index in [4.69, 9.17) is 0 Å². The number of carbonyl (C=O) groups is 1. The van der Waals surface area contributed by atoms with Crippen LogP contribution in [-0.2, 0) is 10.2 Å². The standard InChI is InChI=1S/C19H21NO2/c1-12-6-5-7-13(10-12)17(21)14-8-9-16-15(11-14)19(2,3)18(22)20(16)4/h5-11,17,21H,1-4H3. The molecule has 1 heterocycles. The van der Waals surface area contributed by atoms with Gasteiger partial charge in [-0.15, -0.1) is 0 Å². The molecule has 0 bridgehead atoms. The zero-order valence-electron chi connectivity index (χ0n) is 13.4. The van der Waals surface area contributed by atoms with Crippen LogP contribution in [0.4, 0.5) is 5.69 Å². The summed E-state index contributed by atoms with van der Waals surface area (Å²) in [5, 5.41) is 10.7. The van der Waals surface area contributed by atoms with Gasteiger partial charge in [-0.3, -0.25) is 4.79 Å². The van der Waals surface area contributed by atoms with E-state index in [9.17, 15) is 9.90 Å². The molecule has 1 amide bonds. The van der Waals surface area contributed by atoms with E-state index in [1.807, 2.05) is 63.2 Å². The maximum atomic E-state index is 12.3. The number of nitrogens with zero attached hydrogens (tertiary/aromatic N) is 1. The summed E-state index contributed by atoms with van der Waals surface area (Å²) in [6.45, 7) is 5.87. The first-order valence-corrected chi connectivity index (χ1v) is 7.49. The van der Waals surface area contributed by atoms with E-state index < -0.39 is 11.5 Å². The topological polar surface area (TPSA) is 40.5 Å². The molecule has 1 atom stereocenters. The van der Waals surface area contributed by atoms with Crippen molar-refractivity contribution < 1.29 is 9.90 Å². The summed E-state index contributed by atoms with van der Waals surface area (Å²) < 4.78 is 0. The van der Waals surface area contributed by atoms with Gasteiger partial charge in [0.25, 0.3) is 0 Å². The van der Waals surface area contributed by atoms with Gasteiger partial charge in [-0.05, 0) is 49.6 Å². The summed E-state index contributed by atoms with van der Waals surface area (Å²) in [5.41, 5.74) is 4.16. The SMILES string of the molecule is Cc1cccc(C(O)c2ccc3c(c2)C(C)(C)C(=O)N3C)c1. The molecule has 0 radical (unpaired) electrons. The highest BCUT2D eigenvalue weighted by molar-refractivity contribution is 6.07. The monoisotopic (exact) mass is 295 g/mol. The molecule has 1 aliphatic heterocycles. The number of amides is 1. The minimum absolute atomic E-state index is 0.0877. The predicted octanol–water partition coefficient (Wildman–Crippen LogP) is 3.33. The minimum atomic E-state index is -0.679. The van der Waals surface area contributed by atoms with E-state index in [1.54, 1.807) is 11.9 Å². The Balaban J connectivity index is 2.05. The largest absolute Gasteiger partial charge is 0.384 e. The highest BCUT2D eigenvalue weighted by atomic mass is 16.3. The second kappa shape index (κ2) is 4.96. The van der Waals surface area contributed by atoms with Crippen molar-refractivity contribution >= 4 is 11.6 Å². The summed E-state index contributed by atoms with van der Waals surface area (Å²) in [5.74, 6) is 0.0877. The van der Waals surface area contributed by atoms with Gasteiger partial charge in [-0.25, -0.2) is 0 Å². The molecule has 0 saturated carbocycles. The third-order valence-electron chi connectivity index (χ3n) is 4.57. The maximum Gasteiger partial charge on any atom is 0.236 e. The Labute approximate surface area is 131 Å². The number of fused-ring (bicyclic) bond motifs is 1. The van der Waals surface area contributed by atoms with Gasteiger partial charge in [0, 0.05) is 12.7 Å². The molecule has 0 spiro atoms. The molecular formula is C19H21NO2. The Morgan fingerprint density at radius 3 is 2.45 bits per heavy atom. The molecule has 1 unspecified atom stereocenters. The van der Waals surface area contributed by atoms with Gasteiger partial charge in [0.1, 0.15) is 6.10 Å². The van der Waals surface area contributed by atoms with Crippen molar-refractivity contribution in [1.82, 2.24) is 0 Å². The molecule has 114 valence electrons. The molecule has 3 rings (SSSR count). The van der Waals surface area contributed by atoms with Crippen LogP contribution in [0.1, 0.15) is 42.2 Å². The van der Waals surface area contributed by atoms with Gasteiger partial charge in [-0.1, -0.05) is 35.9 Å². The second-order valence-corrected chi connectivity index (χ2v) is 6.58. The fraction of sp³-hybridized carbons (Fsp3) is 0.316. The molecule has 3 heteroatoms. The minimum Gasteiger partial charge on any atom is -0.384 e. The van der Waals surface area contributed by atoms with Crippen molar-refractivity contribution in [2.45, 2.75) is 32.3 Å². The lowest BCUT2D eigenvalue weighted by atomic mass is 9.84. The van der Waals surface area contributed by atoms with E-state index in [-0.39, 0.29) is 5.91 Å². The summed E-state index contributed by atoms with van der Waals surface area (Å²) in [6.07, 6.45) is -0.679. The lowest BCUT2D eigenvalue weighted by Crippen LogP contribution is -2.33. The first-order chi connectivity index (χ1) is 10.3.